The van der Waals surface area contributed by atoms with Gasteiger partial charge in [-0.25, -0.2) is 0 Å². The first kappa shape index (κ1) is 10.6. The molecule has 1 atom stereocenters. The Morgan fingerprint density at radius 3 is 2.88 bits per heavy atom. The maximum Gasteiger partial charge on any atom is 0.306 e. The van der Waals surface area contributed by atoms with Crippen molar-refractivity contribution in [3.8, 4) is 0 Å². The standard InChI is InChI=1S/C13H13NO2/c1-9(13(15)16)6-11-8-14-7-10-4-2-3-5-12(10)11/h2-5,7-9H,6H2,1H3,(H,15,16)/t9-/m0/s1. The lowest BCUT2D eigenvalue weighted by atomic mass is 9.98. The summed E-state index contributed by atoms with van der Waals surface area (Å²) in [6.07, 6.45) is 4.07. The van der Waals surface area contributed by atoms with Crippen molar-refractivity contribution in [3.63, 3.8) is 0 Å². The van der Waals surface area contributed by atoms with Crippen LogP contribution < -0.4 is 0 Å². The van der Waals surface area contributed by atoms with Gasteiger partial charge in [0.2, 0.25) is 0 Å². The highest BCUT2D eigenvalue weighted by Crippen LogP contribution is 2.19. The highest BCUT2D eigenvalue weighted by atomic mass is 16.4. The van der Waals surface area contributed by atoms with E-state index in [0.717, 1.165) is 16.3 Å². The van der Waals surface area contributed by atoms with Crippen LogP contribution in [0.25, 0.3) is 10.8 Å². The van der Waals surface area contributed by atoms with E-state index in [1.807, 2.05) is 24.3 Å². The maximum absolute atomic E-state index is 10.8. The lowest BCUT2D eigenvalue weighted by Gasteiger charge is -2.08. The van der Waals surface area contributed by atoms with E-state index < -0.39 is 5.97 Å². The molecule has 0 aliphatic carbocycles. The molecule has 1 N–H and O–H groups in total. The number of fused-ring (bicyclic) bond motifs is 1. The third-order valence-corrected chi connectivity index (χ3v) is 2.70. The van der Waals surface area contributed by atoms with Crippen LogP contribution in [0.5, 0.6) is 0 Å². The third-order valence-electron chi connectivity index (χ3n) is 2.70. The number of aromatic nitrogens is 1. The number of nitrogens with zero attached hydrogens (tertiary/aromatic N) is 1. The average molecular weight is 215 g/mol. The molecule has 0 spiro atoms. The van der Waals surface area contributed by atoms with Crippen molar-refractivity contribution < 1.29 is 9.90 Å². The number of hydrogen-bond acceptors (Lipinski definition) is 2. The number of pyridine rings is 1. The van der Waals surface area contributed by atoms with E-state index in [0.29, 0.717) is 6.42 Å². The molecule has 0 aliphatic heterocycles. The molecule has 0 fully saturated rings. The largest absolute Gasteiger partial charge is 0.481 e. The van der Waals surface area contributed by atoms with E-state index in [9.17, 15) is 4.79 Å². The monoisotopic (exact) mass is 215 g/mol. The summed E-state index contributed by atoms with van der Waals surface area (Å²) in [5.74, 6) is -1.15. The molecule has 82 valence electrons. The van der Waals surface area contributed by atoms with E-state index in [4.69, 9.17) is 5.11 Å². The first-order valence-corrected chi connectivity index (χ1v) is 5.23. The predicted octanol–water partition coefficient (Wildman–Crippen LogP) is 2.50. The van der Waals surface area contributed by atoms with Crippen LogP contribution in [0.1, 0.15) is 12.5 Å². The van der Waals surface area contributed by atoms with E-state index in [-0.39, 0.29) is 5.92 Å². The molecule has 0 aliphatic rings. The highest BCUT2D eigenvalue weighted by Gasteiger charge is 2.13. The second kappa shape index (κ2) is 4.31. The molecular weight excluding hydrogens is 202 g/mol. The van der Waals surface area contributed by atoms with Crippen LogP contribution in [-0.2, 0) is 11.2 Å². The normalized spacial score (nSPS) is 12.6. The molecule has 2 aromatic rings. The topological polar surface area (TPSA) is 50.2 Å². The molecule has 1 heterocycles. The van der Waals surface area contributed by atoms with E-state index >= 15 is 0 Å². The van der Waals surface area contributed by atoms with Crippen LogP contribution in [0.2, 0.25) is 0 Å². The minimum absolute atomic E-state index is 0.382. The van der Waals surface area contributed by atoms with Crippen LogP contribution in [0, 0.1) is 5.92 Å². The zero-order valence-electron chi connectivity index (χ0n) is 9.05. The number of carbonyl (C=O) groups is 1. The number of carboxylic acid groups (broad SMARTS) is 1. The van der Waals surface area contributed by atoms with Gasteiger partial charge in [0.05, 0.1) is 5.92 Å². The summed E-state index contributed by atoms with van der Waals surface area (Å²) < 4.78 is 0. The van der Waals surface area contributed by atoms with Crippen LogP contribution in [-0.4, -0.2) is 16.1 Å². The first-order chi connectivity index (χ1) is 7.68. The van der Waals surface area contributed by atoms with Gasteiger partial charge < -0.3 is 5.11 Å². The Kier molecular flexibility index (Phi) is 2.86. The summed E-state index contributed by atoms with van der Waals surface area (Å²) >= 11 is 0. The fraction of sp³-hybridized carbons (Fsp3) is 0.231. The van der Waals surface area contributed by atoms with Crippen LogP contribution in [0.15, 0.2) is 36.7 Å². The van der Waals surface area contributed by atoms with Gasteiger partial charge in [-0.1, -0.05) is 31.2 Å². The molecule has 0 radical (unpaired) electrons. The summed E-state index contributed by atoms with van der Waals surface area (Å²) in [7, 11) is 0. The molecule has 2 rings (SSSR count). The van der Waals surface area contributed by atoms with Gasteiger partial charge in [0.25, 0.3) is 0 Å². The van der Waals surface area contributed by atoms with E-state index in [1.54, 1.807) is 19.3 Å². The van der Waals surface area contributed by atoms with Gasteiger partial charge in [0, 0.05) is 17.8 Å². The highest BCUT2D eigenvalue weighted by molar-refractivity contribution is 5.85. The van der Waals surface area contributed by atoms with Crippen molar-refractivity contribution in [2.45, 2.75) is 13.3 Å². The van der Waals surface area contributed by atoms with Gasteiger partial charge in [-0.15, -0.1) is 0 Å². The molecule has 1 aromatic heterocycles. The smallest absolute Gasteiger partial charge is 0.306 e. The van der Waals surface area contributed by atoms with E-state index in [1.165, 1.54) is 0 Å². The van der Waals surface area contributed by atoms with Crippen molar-refractivity contribution in [1.29, 1.82) is 0 Å². The van der Waals surface area contributed by atoms with Crippen molar-refractivity contribution in [2.24, 2.45) is 5.92 Å². The predicted molar refractivity (Wildman–Crippen MR) is 62.2 cm³/mol. The molecular formula is C13H13NO2. The maximum atomic E-state index is 10.8. The SMILES string of the molecule is C[C@@H](Cc1cncc2ccccc12)C(=O)O. The molecule has 0 saturated carbocycles. The Labute approximate surface area is 93.7 Å². The average Bonchev–Trinajstić information content (AvgIpc) is 2.29. The fourth-order valence-electron chi connectivity index (χ4n) is 1.76. The zero-order valence-corrected chi connectivity index (χ0v) is 9.05. The van der Waals surface area contributed by atoms with Gasteiger partial charge >= 0.3 is 5.97 Å². The summed E-state index contributed by atoms with van der Waals surface area (Å²) in [5.41, 5.74) is 0.994. The second-order valence-corrected chi connectivity index (χ2v) is 3.96. The number of rotatable bonds is 3. The Hall–Kier alpha value is -1.90. The Bertz CT molecular complexity index is 517. The molecule has 3 heteroatoms. The summed E-state index contributed by atoms with van der Waals surface area (Å²) in [5, 5.41) is 11.0. The van der Waals surface area contributed by atoms with Crippen molar-refractivity contribution in [1.82, 2.24) is 4.98 Å². The van der Waals surface area contributed by atoms with Crippen molar-refractivity contribution >= 4 is 16.7 Å². The van der Waals surface area contributed by atoms with Crippen LogP contribution in [0.4, 0.5) is 0 Å². The Balaban J connectivity index is 2.41. The van der Waals surface area contributed by atoms with Gasteiger partial charge in [-0.3, -0.25) is 9.78 Å². The summed E-state index contributed by atoms with van der Waals surface area (Å²) in [6.45, 7) is 1.71. The van der Waals surface area contributed by atoms with Crippen molar-refractivity contribution in [3.05, 3.63) is 42.2 Å². The number of benzene rings is 1. The second-order valence-electron chi connectivity index (χ2n) is 3.96. The molecule has 0 unspecified atom stereocenters. The van der Waals surface area contributed by atoms with Crippen LogP contribution >= 0.6 is 0 Å². The van der Waals surface area contributed by atoms with Crippen molar-refractivity contribution in [2.75, 3.05) is 0 Å². The summed E-state index contributed by atoms with van der Waals surface area (Å²) in [6, 6.07) is 7.89. The minimum atomic E-state index is -0.770. The number of carboxylic acids is 1. The molecule has 3 nitrogen and oxygen atoms in total. The molecule has 16 heavy (non-hydrogen) atoms. The molecule has 0 amide bonds. The summed E-state index contributed by atoms with van der Waals surface area (Å²) in [4.78, 5) is 15.0. The Morgan fingerprint density at radius 2 is 2.12 bits per heavy atom. The Morgan fingerprint density at radius 1 is 1.38 bits per heavy atom. The van der Waals surface area contributed by atoms with Gasteiger partial charge in [-0.05, 0) is 17.4 Å². The first-order valence-electron chi connectivity index (χ1n) is 5.23. The lowest BCUT2D eigenvalue weighted by Crippen LogP contribution is -2.12. The molecule has 0 saturated heterocycles. The quantitative estimate of drug-likeness (QED) is 0.855. The third kappa shape index (κ3) is 2.03. The van der Waals surface area contributed by atoms with E-state index in [2.05, 4.69) is 4.98 Å². The molecule has 0 bridgehead atoms. The zero-order chi connectivity index (χ0) is 11.5. The minimum Gasteiger partial charge on any atom is -0.481 e. The fourth-order valence-corrected chi connectivity index (χ4v) is 1.76. The van der Waals surface area contributed by atoms with Gasteiger partial charge in [0.15, 0.2) is 0 Å². The number of hydrogen-bond donors (Lipinski definition) is 1. The lowest BCUT2D eigenvalue weighted by molar-refractivity contribution is -0.141. The molecule has 1 aromatic carbocycles. The van der Waals surface area contributed by atoms with Gasteiger partial charge in [-0.2, -0.15) is 0 Å². The number of aliphatic carboxylic acids is 1. The van der Waals surface area contributed by atoms with Crippen LogP contribution in [0.3, 0.4) is 0 Å². The van der Waals surface area contributed by atoms with Gasteiger partial charge in [0.1, 0.15) is 0 Å².